The highest BCUT2D eigenvalue weighted by Crippen LogP contribution is 2.24. The second-order valence-corrected chi connectivity index (χ2v) is 7.31. The number of morpholine rings is 1. The molecule has 1 atom stereocenters. The van der Waals surface area contributed by atoms with Crippen molar-refractivity contribution in [2.45, 2.75) is 13.0 Å². The second kappa shape index (κ2) is 6.86. The van der Waals surface area contributed by atoms with Crippen LogP contribution < -0.4 is 4.90 Å². The van der Waals surface area contributed by atoms with E-state index in [9.17, 15) is 8.42 Å². The summed E-state index contributed by atoms with van der Waals surface area (Å²) in [6, 6.07) is 1.78. The summed E-state index contributed by atoms with van der Waals surface area (Å²) in [6.45, 7) is 3.20. The van der Waals surface area contributed by atoms with Gasteiger partial charge in [-0.2, -0.15) is 4.31 Å². The molecule has 1 aliphatic rings. The zero-order valence-electron chi connectivity index (χ0n) is 13.1. The number of hydrogen-bond donors (Lipinski definition) is 1. The van der Waals surface area contributed by atoms with Gasteiger partial charge in [0, 0.05) is 32.7 Å². The van der Waals surface area contributed by atoms with E-state index in [-0.39, 0.29) is 13.2 Å². The van der Waals surface area contributed by atoms with Crippen molar-refractivity contribution >= 4 is 15.8 Å². The van der Waals surface area contributed by atoms with Gasteiger partial charge < -0.3 is 14.7 Å². The van der Waals surface area contributed by atoms with Gasteiger partial charge in [-0.3, -0.25) is 0 Å². The third-order valence-corrected chi connectivity index (χ3v) is 4.77. The van der Waals surface area contributed by atoms with E-state index in [2.05, 4.69) is 9.97 Å². The summed E-state index contributed by atoms with van der Waals surface area (Å²) in [5.41, 5.74) is 0.653. The summed E-state index contributed by atoms with van der Waals surface area (Å²) in [6.07, 6.45) is 0.785. The highest BCUT2D eigenvalue weighted by atomic mass is 32.2. The number of aliphatic hydroxyl groups is 1. The Kier molecular flexibility index (Phi) is 5.32. The van der Waals surface area contributed by atoms with Crippen molar-refractivity contribution in [2.24, 2.45) is 0 Å². The van der Waals surface area contributed by atoms with Crippen LogP contribution in [0.2, 0.25) is 0 Å². The van der Waals surface area contributed by atoms with Crippen molar-refractivity contribution in [1.29, 1.82) is 0 Å². The number of ether oxygens (including phenoxy) is 1. The predicted octanol–water partition coefficient (Wildman–Crippen LogP) is -0.454. The molecule has 0 aromatic carbocycles. The van der Waals surface area contributed by atoms with Crippen LogP contribution in [-0.4, -0.2) is 73.9 Å². The molecular formula is C13H22N4O4S. The number of aromatic nitrogens is 2. The van der Waals surface area contributed by atoms with E-state index < -0.39 is 16.1 Å². The number of rotatable bonds is 5. The molecule has 1 aliphatic heterocycles. The quantitative estimate of drug-likeness (QED) is 0.781. The molecule has 1 aromatic heterocycles. The number of aryl methyl sites for hydroxylation is 1. The Labute approximate surface area is 130 Å². The van der Waals surface area contributed by atoms with Crippen molar-refractivity contribution in [1.82, 2.24) is 14.3 Å². The van der Waals surface area contributed by atoms with Gasteiger partial charge in [-0.05, 0) is 6.92 Å². The van der Waals surface area contributed by atoms with Crippen LogP contribution in [0, 0.1) is 6.92 Å². The molecule has 0 saturated carbocycles. The van der Waals surface area contributed by atoms with Crippen molar-refractivity contribution < 1.29 is 18.3 Å². The van der Waals surface area contributed by atoms with Gasteiger partial charge in [-0.25, -0.2) is 18.4 Å². The van der Waals surface area contributed by atoms with Crippen molar-refractivity contribution in [3.63, 3.8) is 0 Å². The highest BCUT2D eigenvalue weighted by Gasteiger charge is 2.29. The summed E-state index contributed by atoms with van der Waals surface area (Å²) >= 11 is 0. The molecular weight excluding hydrogens is 308 g/mol. The normalized spacial score (nSPS) is 20.1. The average molecular weight is 330 g/mol. The topological polar surface area (TPSA) is 95.9 Å². The first kappa shape index (κ1) is 17.1. The van der Waals surface area contributed by atoms with Crippen LogP contribution >= 0.6 is 0 Å². The van der Waals surface area contributed by atoms with Gasteiger partial charge in [0.15, 0.2) is 0 Å². The Morgan fingerprint density at radius 1 is 1.50 bits per heavy atom. The standard InChI is InChI=1S/C13H22N4O4S/c1-10-14-11(8-13(15-10)16(2)4-6-18)12-9-17(5-7-21-12)22(3,19)20/h8,12,18H,4-7,9H2,1-3H3. The molecule has 1 fully saturated rings. The molecule has 0 radical (unpaired) electrons. The van der Waals surface area contributed by atoms with Gasteiger partial charge in [0.05, 0.1) is 25.2 Å². The molecule has 124 valence electrons. The van der Waals surface area contributed by atoms with Crippen LogP contribution in [0.3, 0.4) is 0 Å². The maximum Gasteiger partial charge on any atom is 0.211 e. The lowest BCUT2D eigenvalue weighted by Gasteiger charge is -2.31. The van der Waals surface area contributed by atoms with Crippen LogP contribution in [0.25, 0.3) is 0 Å². The second-order valence-electron chi connectivity index (χ2n) is 5.32. The first-order valence-corrected chi connectivity index (χ1v) is 8.90. The minimum absolute atomic E-state index is 0.0245. The Hall–Kier alpha value is -1.29. The van der Waals surface area contributed by atoms with E-state index >= 15 is 0 Å². The molecule has 22 heavy (non-hydrogen) atoms. The zero-order valence-corrected chi connectivity index (χ0v) is 13.9. The zero-order chi connectivity index (χ0) is 16.3. The van der Waals surface area contributed by atoms with Crippen molar-refractivity contribution in [2.75, 3.05) is 51.1 Å². The van der Waals surface area contributed by atoms with Crippen molar-refractivity contribution in [3.8, 4) is 0 Å². The van der Waals surface area contributed by atoms with Crippen LogP contribution in [0.1, 0.15) is 17.6 Å². The lowest BCUT2D eigenvalue weighted by atomic mass is 10.2. The van der Waals surface area contributed by atoms with Crippen molar-refractivity contribution in [3.05, 3.63) is 17.6 Å². The summed E-state index contributed by atoms with van der Waals surface area (Å²) in [5.74, 6) is 1.26. The van der Waals surface area contributed by atoms with Gasteiger partial charge in [0.25, 0.3) is 0 Å². The predicted molar refractivity (Wildman–Crippen MR) is 82.2 cm³/mol. The third-order valence-electron chi connectivity index (χ3n) is 3.50. The fourth-order valence-electron chi connectivity index (χ4n) is 2.31. The molecule has 2 rings (SSSR count). The van der Waals surface area contributed by atoms with E-state index in [0.717, 1.165) is 0 Å². The molecule has 8 nitrogen and oxygen atoms in total. The van der Waals surface area contributed by atoms with E-state index in [1.165, 1.54) is 10.6 Å². The third kappa shape index (κ3) is 4.13. The first-order chi connectivity index (χ1) is 10.3. The molecule has 1 saturated heterocycles. The summed E-state index contributed by atoms with van der Waals surface area (Å²) in [7, 11) is -1.42. The molecule has 0 amide bonds. The number of hydrogen-bond acceptors (Lipinski definition) is 7. The van der Waals surface area contributed by atoms with Crippen LogP contribution in [0.15, 0.2) is 6.07 Å². The fourth-order valence-corrected chi connectivity index (χ4v) is 3.12. The molecule has 0 bridgehead atoms. The maximum atomic E-state index is 11.7. The first-order valence-electron chi connectivity index (χ1n) is 7.05. The minimum atomic E-state index is -3.25. The lowest BCUT2D eigenvalue weighted by molar-refractivity contribution is -0.00485. The van der Waals surface area contributed by atoms with Gasteiger partial charge in [-0.1, -0.05) is 0 Å². The number of likely N-dealkylation sites (N-methyl/N-ethyl adjacent to an activating group) is 1. The van der Waals surface area contributed by atoms with Gasteiger partial charge in [0.2, 0.25) is 10.0 Å². The van der Waals surface area contributed by atoms with Gasteiger partial charge in [0.1, 0.15) is 17.7 Å². The van der Waals surface area contributed by atoms with Gasteiger partial charge in [-0.15, -0.1) is 0 Å². The van der Waals surface area contributed by atoms with E-state index in [4.69, 9.17) is 9.84 Å². The van der Waals surface area contributed by atoms with E-state index in [1.54, 1.807) is 13.0 Å². The van der Waals surface area contributed by atoms with E-state index in [0.29, 0.717) is 37.0 Å². The van der Waals surface area contributed by atoms with Gasteiger partial charge >= 0.3 is 0 Å². The SMILES string of the molecule is Cc1nc(C2CN(S(C)(=O)=O)CCO2)cc(N(C)CCO)n1. The highest BCUT2D eigenvalue weighted by molar-refractivity contribution is 7.88. The van der Waals surface area contributed by atoms with Crippen LogP contribution in [0.4, 0.5) is 5.82 Å². The molecule has 9 heteroatoms. The Bertz CT molecular complexity index is 622. The molecule has 1 unspecified atom stereocenters. The van der Waals surface area contributed by atoms with Crippen LogP contribution in [0.5, 0.6) is 0 Å². The molecule has 0 aliphatic carbocycles. The number of anilines is 1. The number of sulfonamides is 1. The Morgan fingerprint density at radius 2 is 2.23 bits per heavy atom. The Balaban J connectivity index is 2.24. The number of aliphatic hydroxyl groups excluding tert-OH is 1. The summed E-state index contributed by atoms with van der Waals surface area (Å²) in [5, 5.41) is 9.03. The minimum Gasteiger partial charge on any atom is -0.395 e. The molecule has 2 heterocycles. The number of nitrogens with zero attached hydrogens (tertiary/aromatic N) is 4. The van der Waals surface area contributed by atoms with Crippen LogP contribution in [-0.2, 0) is 14.8 Å². The molecule has 1 N–H and O–H groups in total. The summed E-state index contributed by atoms with van der Waals surface area (Å²) < 4.78 is 30.5. The molecule has 0 spiro atoms. The average Bonchev–Trinajstić information content (AvgIpc) is 2.46. The molecule has 1 aromatic rings. The largest absolute Gasteiger partial charge is 0.395 e. The summed E-state index contributed by atoms with van der Waals surface area (Å²) in [4.78, 5) is 10.5. The lowest BCUT2D eigenvalue weighted by Crippen LogP contribution is -2.42. The fraction of sp³-hybridized carbons (Fsp3) is 0.692. The van der Waals surface area contributed by atoms with E-state index in [1.807, 2.05) is 11.9 Å². The monoisotopic (exact) mass is 330 g/mol. The maximum absolute atomic E-state index is 11.7. The Morgan fingerprint density at radius 3 is 2.86 bits per heavy atom. The smallest absolute Gasteiger partial charge is 0.211 e.